The van der Waals surface area contributed by atoms with E-state index < -0.39 is 29.5 Å². The average molecular weight is 346 g/mol. The van der Waals surface area contributed by atoms with E-state index in [1.165, 1.54) is 0 Å². The van der Waals surface area contributed by atoms with E-state index in [-0.39, 0.29) is 35.9 Å². The zero-order valence-corrected chi connectivity index (χ0v) is 15.3. The van der Waals surface area contributed by atoms with Crippen LogP contribution in [0.2, 0.25) is 0 Å². The molecule has 1 saturated heterocycles. The van der Waals surface area contributed by atoms with Crippen LogP contribution in [0.4, 0.5) is 0 Å². The third-order valence-electron chi connectivity index (χ3n) is 5.97. The van der Waals surface area contributed by atoms with Crippen LogP contribution in [-0.4, -0.2) is 29.9 Å². The molecule has 1 saturated carbocycles. The first-order chi connectivity index (χ1) is 11.7. The van der Waals surface area contributed by atoms with Crippen molar-refractivity contribution in [1.29, 1.82) is 0 Å². The van der Waals surface area contributed by atoms with Gasteiger partial charge in [-0.2, -0.15) is 0 Å². The summed E-state index contributed by atoms with van der Waals surface area (Å²) in [6.45, 7) is 11.7. The number of carbonyl (C=O) groups excluding carboxylic acids is 3. The minimum Gasteiger partial charge on any atom is -0.460 e. The highest BCUT2D eigenvalue weighted by Crippen LogP contribution is 2.54. The van der Waals surface area contributed by atoms with Crippen molar-refractivity contribution in [3.05, 3.63) is 24.3 Å². The predicted octanol–water partition coefficient (Wildman–Crippen LogP) is 2.84. The van der Waals surface area contributed by atoms with Gasteiger partial charge >= 0.3 is 11.9 Å². The molecule has 6 atom stereocenters. The lowest BCUT2D eigenvalue weighted by Gasteiger charge is -2.39. The zero-order chi connectivity index (χ0) is 18.5. The van der Waals surface area contributed by atoms with Crippen molar-refractivity contribution in [3.63, 3.8) is 0 Å². The molecule has 0 unspecified atom stereocenters. The standard InChI is InChI=1S/C20H26O5/c1-10(2)8-16(22)25-18-17-12(4)19(23)24-14(17)9-11(3)13-6-7-15(21)20(13,18)5/h6-7,10-11,13-14,17-18H,4,8-9H2,1-3,5H3/t11-,13+,14+,17-,18-,20+/m1/s1. The first-order valence-electron chi connectivity index (χ1n) is 8.98. The minimum atomic E-state index is -0.887. The summed E-state index contributed by atoms with van der Waals surface area (Å²) < 4.78 is 11.4. The molecule has 1 aliphatic heterocycles. The van der Waals surface area contributed by atoms with E-state index >= 15 is 0 Å². The molecule has 136 valence electrons. The fourth-order valence-corrected chi connectivity index (χ4v) is 4.67. The van der Waals surface area contributed by atoms with E-state index in [4.69, 9.17) is 9.47 Å². The molecule has 5 nitrogen and oxygen atoms in total. The van der Waals surface area contributed by atoms with Gasteiger partial charge in [0.1, 0.15) is 12.2 Å². The number of rotatable bonds is 3. The van der Waals surface area contributed by atoms with E-state index in [0.717, 1.165) is 0 Å². The lowest BCUT2D eigenvalue weighted by Crippen LogP contribution is -2.49. The molecule has 0 amide bonds. The van der Waals surface area contributed by atoms with Crippen molar-refractivity contribution in [3.8, 4) is 0 Å². The Hall–Kier alpha value is -1.91. The quantitative estimate of drug-likeness (QED) is 0.580. The van der Waals surface area contributed by atoms with Gasteiger partial charge in [-0.3, -0.25) is 9.59 Å². The summed E-state index contributed by atoms with van der Waals surface area (Å²) >= 11 is 0. The Morgan fingerprint density at radius 1 is 1.44 bits per heavy atom. The molecule has 2 aliphatic carbocycles. The maximum atomic E-state index is 12.8. The van der Waals surface area contributed by atoms with Crippen molar-refractivity contribution >= 4 is 17.7 Å². The molecule has 0 N–H and O–H groups in total. The van der Waals surface area contributed by atoms with Crippen LogP contribution in [-0.2, 0) is 23.9 Å². The largest absolute Gasteiger partial charge is 0.460 e. The van der Waals surface area contributed by atoms with E-state index in [2.05, 4.69) is 13.5 Å². The summed E-state index contributed by atoms with van der Waals surface area (Å²) in [4.78, 5) is 37.3. The number of ketones is 1. The van der Waals surface area contributed by atoms with Gasteiger partial charge in [-0.05, 0) is 37.2 Å². The van der Waals surface area contributed by atoms with E-state index in [9.17, 15) is 14.4 Å². The van der Waals surface area contributed by atoms with Gasteiger partial charge in [0.15, 0.2) is 5.78 Å². The molecule has 0 bridgehead atoms. The van der Waals surface area contributed by atoms with E-state index in [1.807, 2.05) is 26.8 Å². The van der Waals surface area contributed by atoms with Crippen LogP contribution in [0.3, 0.4) is 0 Å². The van der Waals surface area contributed by atoms with E-state index in [0.29, 0.717) is 12.0 Å². The molecular formula is C20H26O5. The Kier molecular flexibility index (Phi) is 4.38. The number of fused-ring (bicyclic) bond motifs is 2. The molecule has 0 radical (unpaired) electrons. The van der Waals surface area contributed by atoms with Gasteiger partial charge in [0.2, 0.25) is 0 Å². The van der Waals surface area contributed by atoms with Crippen molar-refractivity contribution in [1.82, 2.24) is 0 Å². The second kappa shape index (κ2) is 6.11. The van der Waals surface area contributed by atoms with Crippen molar-refractivity contribution in [2.75, 3.05) is 0 Å². The molecule has 0 aromatic heterocycles. The highest BCUT2D eigenvalue weighted by atomic mass is 16.6. The molecule has 3 aliphatic rings. The van der Waals surface area contributed by atoms with Gasteiger partial charge in [0.05, 0.1) is 11.3 Å². The smallest absolute Gasteiger partial charge is 0.334 e. The lowest BCUT2D eigenvalue weighted by atomic mass is 9.67. The number of hydrogen-bond acceptors (Lipinski definition) is 5. The second-order valence-corrected chi connectivity index (χ2v) is 8.25. The summed E-state index contributed by atoms with van der Waals surface area (Å²) in [7, 11) is 0. The number of carbonyl (C=O) groups is 3. The molecule has 1 heterocycles. The Bertz CT molecular complexity index is 661. The monoisotopic (exact) mass is 346 g/mol. The van der Waals surface area contributed by atoms with Crippen LogP contribution < -0.4 is 0 Å². The Labute approximate surface area is 148 Å². The number of ether oxygens (including phenoxy) is 2. The Morgan fingerprint density at radius 2 is 2.12 bits per heavy atom. The highest BCUT2D eigenvalue weighted by Gasteiger charge is 2.61. The summed E-state index contributed by atoms with van der Waals surface area (Å²) in [5.41, 5.74) is -0.580. The number of esters is 2. The van der Waals surface area contributed by atoms with Crippen LogP contribution in [0, 0.1) is 29.1 Å². The highest BCUT2D eigenvalue weighted by molar-refractivity contribution is 5.99. The molecule has 5 heteroatoms. The molecular weight excluding hydrogens is 320 g/mol. The number of allylic oxidation sites excluding steroid dienone is 2. The second-order valence-electron chi connectivity index (χ2n) is 8.25. The van der Waals surface area contributed by atoms with Crippen molar-refractivity contribution in [2.45, 2.75) is 52.7 Å². The third kappa shape index (κ3) is 2.74. The SMILES string of the molecule is C=C1C(=O)O[C@H]2C[C@@H](C)[C@@H]3C=CC(=O)[C@@]3(C)[C@H](OC(=O)CC(C)C)[C@H]12. The average Bonchev–Trinajstić information content (AvgIpc) is 2.92. The van der Waals surface area contributed by atoms with Gasteiger partial charge in [0, 0.05) is 12.0 Å². The van der Waals surface area contributed by atoms with Crippen LogP contribution >= 0.6 is 0 Å². The van der Waals surface area contributed by atoms with Gasteiger partial charge in [-0.15, -0.1) is 0 Å². The summed E-state index contributed by atoms with van der Waals surface area (Å²) in [5.74, 6) is -1.09. The van der Waals surface area contributed by atoms with Crippen molar-refractivity contribution in [2.24, 2.45) is 29.1 Å². The molecule has 3 rings (SSSR count). The Morgan fingerprint density at radius 3 is 2.76 bits per heavy atom. The predicted molar refractivity (Wildman–Crippen MR) is 91.4 cm³/mol. The molecule has 0 aromatic carbocycles. The summed E-state index contributed by atoms with van der Waals surface area (Å²) in [6, 6.07) is 0. The maximum Gasteiger partial charge on any atom is 0.334 e. The summed E-state index contributed by atoms with van der Waals surface area (Å²) in [5, 5.41) is 0. The van der Waals surface area contributed by atoms with Gasteiger partial charge in [-0.25, -0.2) is 4.79 Å². The fourth-order valence-electron chi connectivity index (χ4n) is 4.67. The zero-order valence-electron chi connectivity index (χ0n) is 15.3. The Balaban J connectivity index is 2.03. The molecule has 0 spiro atoms. The first kappa shape index (κ1) is 17.9. The van der Waals surface area contributed by atoms with E-state index in [1.54, 1.807) is 6.08 Å². The molecule has 2 fully saturated rings. The van der Waals surface area contributed by atoms with Crippen LogP contribution in [0.1, 0.15) is 40.5 Å². The maximum absolute atomic E-state index is 12.8. The molecule has 25 heavy (non-hydrogen) atoms. The van der Waals surface area contributed by atoms with Crippen LogP contribution in [0.15, 0.2) is 24.3 Å². The lowest BCUT2D eigenvalue weighted by molar-refractivity contribution is -0.165. The fraction of sp³-hybridized carbons (Fsp3) is 0.650. The topological polar surface area (TPSA) is 69.7 Å². The van der Waals surface area contributed by atoms with Gasteiger partial charge < -0.3 is 9.47 Å². The van der Waals surface area contributed by atoms with Crippen LogP contribution in [0.5, 0.6) is 0 Å². The van der Waals surface area contributed by atoms with Gasteiger partial charge in [-0.1, -0.05) is 33.4 Å². The number of hydrogen-bond donors (Lipinski definition) is 0. The third-order valence-corrected chi connectivity index (χ3v) is 5.97. The van der Waals surface area contributed by atoms with Crippen molar-refractivity contribution < 1.29 is 23.9 Å². The summed E-state index contributed by atoms with van der Waals surface area (Å²) in [6.07, 6.45) is 3.28. The normalized spacial score (nSPS) is 39.9. The minimum absolute atomic E-state index is 0.0473. The molecule has 0 aromatic rings. The first-order valence-corrected chi connectivity index (χ1v) is 8.98. The van der Waals surface area contributed by atoms with Gasteiger partial charge in [0.25, 0.3) is 0 Å². The van der Waals surface area contributed by atoms with Crippen LogP contribution in [0.25, 0.3) is 0 Å².